The van der Waals surface area contributed by atoms with Crippen molar-refractivity contribution in [3.8, 4) is 0 Å². The molecule has 2 aromatic carbocycles. The van der Waals surface area contributed by atoms with Gasteiger partial charge in [0, 0.05) is 63.4 Å². The van der Waals surface area contributed by atoms with Crippen LogP contribution in [0.4, 0.5) is 5.69 Å². The predicted octanol–water partition coefficient (Wildman–Crippen LogP) is 5.55. The fourth-order valence-corrected chi connectivity index (χ4v) is 6.27. The molecule has 2 aromatic rings. The number of fused-ring (bicyclic) bond motifs is 1. The van der Waals surface area contributed by atoms with Gasteiger partial charge in [-0.15, -0.1) is 0 Å². The third kappa shape index (κ3) is 13.8. The van der Waals surface area contributed by atoms with Crippen molar-refractivity contribution < 1.29 is 18.0 Å². The number of nitrogens with one attached hydrogen (secondary N) is 3. The lowest BCUT2D eigenvalue weighted by molar-refractivity contribution is -0.120. The second-order valence-electron chi connectivity index (χ2n) is 11.1. The Labute approximate surface area is 248 Å². The Morgan fingerprint density at radius 2 is 1.24 bits per heavy atom. The zero-order valence-corrected chi connectivity index (χ0v) is 26.3. The fraction of sp³-hybridized carbons (Fsp3) is 0.625. The van der Waals surface area contributed by atoms with Gasteiger partial charge in [-0.05, 0) is 57.3 Å². The van der Waals surface area contributed by atoms with Gasteiger partial charge in [-0.25, -0.2) is 13.1 Å². The van der Waals surface area contributed by atoms with Gasteiger partial charge in [0.05, 0.1) is 4.90 Å². The van der Waals surface area contributed by atoms with Crippen LogP contribution in [0, 0.1) is 0 Å². The van der Waals surface area contributed by atoms with Crippen molar-refractivity contribution in [1.29, 1.82) is 0 Å². The van der Waals surface area contributed by atoms with E-state index in [0.29, 0.717) is 36.5 Å². The standard InChI is InChI=1S/C32H52N4O4S/c1-27(37)34-25-16-24-33-23-12-8-6-4-5-7-10-17-28(38)18-11-9-13-26-35-41(39,40)32-22-15-19-29-30(32)20-14-21-31(29)36(2)3/h14-15,19-22,33,35H,4-13,16-18,23-26H2,1-3H3,(H,34,37). The van der Waals surface area contributed by atoms with Crippen molar-refractivity contribution in [3.63, 3.8) is 0 Å². The van der Waals surface area contributed by atoms with Crippen LogP contribution < -0.4 is 20.3 Å². The van der Waals surface area contributed by atoms with Crippen LogP contribution in [0.3, 0.4) is 0 Å². The first-order valence-electron chi connectivity index (χ1n) is 15.4. The van der Waals surface area contributed by atoms with Gasteiger partial charge < -0.3 is 15.5 Å². The third-order valence-electron chi connectivity index (χ3n) is 7.27. The smallest absolute Gasteiger partial charge is 0.241 e. The van der Waals surface area contributed by atoms with Crippen LogP contribution in [-0.4, -0.2) is 60.4 Å². The zero-order valence-electron chi connectivity index (χ0n) is 25.5. The molecule has 0 radical (unpaired) electrons. The number of sulfonamides is 1. The molecule has 41 heavy (non-hydrogen) atoms. The van der Waals surface area contributed by atoms with Crippen LogP contribution in [-0.2, 0) is 19.6 Å². The predicted molar refractivity (Wildman–Crippen MR) is 170 cm³/mol. The van der Waals surface area contributed by atoms with Gasteiger partial charge in [-0.2, -0.15) is 0 Å². The highest BCUT2D eigenvalue weighted by molar-refractivity contribution is 7.89. The second kappa shape index (κ2) is 19.6. The van der Waals surface area contributed by atoms with Gasteiger partial charge in [-0.1, -0.05) is 62.8 Å². The average molecular weight is 589 g/mol. The summed E-state index contributed by atoms with van der Waals surface area (Å²) in [5.41, 5.74) is 0.983. The average Bonchev–Trinajstić information content (AvgIpc) is 2.94. The molecular weight excluding hydrogens is 536 g/mol. The number of Topliss-reactive ketones (excluding diaryl/α,β-unsaturated/α-hetero) is 1. The summed E-state index contributed by atoms with van der Waals surface area (Å²) >= 11 is 0. The number of hydrogen-bond donors (Lipinski definition) is 3. The Kier molecular flexibility index (Phi) is 16.6. The van der Waals surface area contributed by atoms with Crippen molar-refractivity contribution in [2.24, 2.45) is 0 Å². The first-order chi connectivity index (χ1) is 19.7. The van der Waals surface area contributed by atoms with Gasteiger partial charge in [0.25, 0.3) is 0 Å². The molecule has 0 aromatic heterocycles. The van der Waals surface area contributed by atoms with Crippen LogP contribution in [0.25, 0.3) is 10.8 Å². The lowest BCUT2D eigenvalue weighted by atomic mass is 10.0. The van der Waals surface area contributed by atoms with Crippen LogP contribution in [0.15, 0.2) is 41.3 Å². The van der Waals surface area contributed by atoms with Gasteiger partial charge in [0.15, 0.2) is 0 Å². The molecule has 3 N–H and O–H groups in total. The molecular formula is C32H52N4O4S. The minimum absolute atomic E-state index is 0.0300. The van der Waals surface area contributed by atoms with Crippen LogP contribution in [0.5, 0.6) is 0 Å². The number of hydrogen-bond acceptors (Lipinski definition) is 6. The van der Waals surface area contributed by atoms with E-state index in [9.17, 15) is 18.0 Å². The fourth-order valence-electron chi connectivity index (χ4n) is 4.98. The van der Waals surface area contributed by atoms with E-state index in [1.807, 2.05) is 43.3 Å². The molecule has 230 valence electrons. The van der Waals surface area contributed by atoms with Gasteiger partial charge in [0.1, 0.15) is 5.78 Å². The van der Waals surface area contributed by atoms with E-state index in [2.05, 4.69) is 15.4 Å². The molecule has 2 rings (SSSR count). The van der Waals surface area contributed by atoms with E-state index in [1.165, 1.54) is 32.1 Å². The quantitative estimate of drug-likeness (QED) is 0.147. The number of carbonyl (C=O) groups is 2. The number of ketones is 1. The summed E-state index contributed by atoms with van der Waals surface area (Å²) in [6.07, 6.45) is 12.7. The summed E-state index contributed by atoms with van der Waals surface area (Å²) < 4.78 is 28.7. The number of unbranched alkanes of at least 4 members (excludes halogenated alkanes) is 8. The van der Waals surface area contributed by atoms with E-state index in [0.717, 1.165) is 68.2 Å². The molecule has 0 spiro atoms. The van der Waals surface area contributed by atoms with E-state index in [4.69, 9.17) is 0 Å². The lowest BCUT2D eigenvalue weighted by Crippen LogP contribution is -2.25. The maximum absolute atomic E-state index is 13.0. The van der Waals surface area contributed by atoms with Crippen molar-refractivity contribution in [2.75, 3.05) is 45.2 Å². The number of carbonyl (C=O) groups excluding carboxylic acids is 2. The molecule has 0 fully saturated rings. The Hall–Kier alpha value is -2.49. The number of nitrogens with zero attached hydrogens (tertiary/aromatic N) is 1. The summed E-state index contributed by atoms with van der Waals surface area (Å²) in [5.74, 6) is 0.352. The summed E-state index contributed by atoms with van der Waals surface area (Å²) in [6.45, 7) is 4.62. The summed E-state index contributed by atoms with van der Waals surface area (Å²) in [4.78, 5) is 25.3. The minimum atomic E-state index is -3.62. The molecule has 1 amide bonds. The molecule has 0 unspecified atom stereocenters. The first kappa shape index (κ1) is 34.7. The van der Waals surface area contributed by atoms with E-state index in [1.54, 1.807) is 19.1 Å². The number of anilines is 1. The summed E-state index contributed by atoms with van der Waals surface area (Å²) in [7, 11) is 0.280. The summed E-state index contributed by atoms with van der Waals surface area (Å²) in [5, 5.41) is 7.85. The molecule has 0 aliphatic rings. The van der Waals surface area contributed by atoms with Gasteiger partial charge in [-0.3, -0.25) is 9.59 Å². The highest BCUT2D eigenvalue weighted by Crippen LogP contribution is 2.30. The second-order valence-corrected chi connectivity index (χ2v) is 12.8. The molecule has 9 heteroatoms. The molecule has 8 nitrogen and oxygen atoms in total. The minimum Gasteiger partial charge on any atom is -0.377 e. The van der Waals surface area contributed by atoms with Crippen molar-refractivity contribution in [2.45, 2.75) is 95.3 Å². The molecule has 0 saturated heterocycles. The lowest BCUT2D eigenvalue weighted by Gasteiger charge is -2.17. The monoisotopic (exact) mass is 588 g/mol. The maximum atomic E-state index is 13.0. The largest absolute Gasteiger partial charge is 0.377 e. The maximum Gasteiger partial charge on any atom is 0.241 e. The SMILES string of the molecule is CC(=O)NCCCNCCCCCCCCCC(=O)CCCCCNS(=O)(=O)c1cccc2c(N(C)C)cccc12. The van der Waals surface area contributed by atoms with Crippen molar-refractivity contribution in [3.05, 3.63) is 36.4 Å². The highest BCUT2D eigenvalue weighted by atomic mass is 32.2. The zero-order chi connectivity index (χ0) is 29.9. The van der Waals surface area contributed by atoms with E-state index < -0.39 is 10.0 Å². The Morgan fingerprint density at radius 3 is 1.93 bits per heavy atom. The molecule has 0 atom stereocenters. The van der Waals surface area contributed by atoms with Crippen LogP contribution >= 0.6 is 0 Å². The number of amides is 1. The Balaban J connectivity index is 1.48. The van der Waals surface area contributed by atoms with Gasteiger partial charge >= 0.3 is 0 Å². The topological polar surface area (TPSA) is 108 Å². The first-order valence-corrected chi connectivity index (χ1v) is 16.9. The van der Waals surface area contributed by atoms with Gasteiger partial charge in [0.2, 0.25) is 15.9 Å². The van der Waals surface area contributed by atoms with Crippen molar-refractivity contribution in [1.82, 2.24) is 15.4 Å². The molecule has 0 saturated carbocycles. The van der Waals surface area contributed by atoms with E-state index in [-0.39, 0.29) is 5.91 Å². The number of benzene rings is 2. The number of rotatable bonds is 23. The normalized spacial score (nSPS) is 11.6. The van der Waals surface area contributed by atoms with Crippen molar-refractivity contribution >= 4 is 38.2 Å². The van der Waals surface area contributed by atoms with Crippen LogP contribution in [0.1, 0.15) is 90.4 Å². The summed E-state index contributed by atoms with van der Waals surface area (Å²) in [6, 6.07) is 11.1. The molecule has 0 aliphatic carbocycles. The molecule has 0 bridgehead atoms. The Morgan fingerprint density at radius 1 is 0.683 bits per heavy atom. The van der Waals surface area contributed by atoms with E-state index >= 15 is 0 Å². The molecule has 0 aliphatic heterocycles. The Bertz CT molecular complexity index is 1170. The highest BCUT2D eigenvalue weighted by Gasteiger charge is 2.18. The molecule has 0 heterocycles. The van der Waals surface area contributed by atoms with Crippen LogP contribution in [0.2, 0.25) is 0 Å². The third-order valence-corrected chi connectivity index (χ3v) is 8.79.